The molecule has 20 heavy (non-hydrogen) atoms. The quantitative estimate of drug-likeness (QED) is 0.646. The lowest BCUT2D eigenvalue weighted by Gasteiger charge is -2.31. The predicted octanol–water partition coefficient (Wildman–Crippen LogP) is 1.24. The fourth-order valence-electron chi connectivity index (χ4n) is 2.56. The van der Waals surface area contributed by atoms with E-state index in [1.807, 2.05) is 0 Å². The summed E-state index contributed by atoms with van der Waals surface area (Å²) in [4.78, 5) is 23.5. The largest absolute Gasteiger partial charge is 0.354 e. The number of carbonyl (C=O) groups is 2. The molecule has 0 aromatic heterocycles. The second kappa shape index (κ2) is 7.84. The van der Waals surface area contributed by atoms with Crippen LogP contribution in [0.5, 0.6) is 0 Å². The van der Waals surface area contributed by atoms with Crippen LogP contribution in [0.4, 0.5) is 0 Å². The van der Waals surface area contributed by atoms with E-state index in [9.17, 15) is 9.59 Å². The molecule has 0 radical (unpaired) electrons. The molecule has 0 unspecified atom stereocenters. The van der Waals surface area contributed by atoms with Crippen LogP contribution in [0.15, 0.2) is 0 Å². The summed E-state index contributed by atoms with van der Waals surface area (Å²) in [7, 11) is 0. The van der Waals surface area contributed by atoms with Gasteiger partial charge < -0.3 is 16.4 Å². The van der Waals surface area contributed by atoms with Crippen LogP contribution in [0.1, 0.15) is 57.8 Å². The van der Waals surface area contributed by atoms with Crippen LogP contribution < -0.4 is 16.4 Å². The molecule has 5 nitrogen and oxygen atoms in total. The highest BCUT2D eigenvalue weighted by molar-refractivity contribution is 5.86. The van der Waals surface area contributed by atoms with Gasteiger partial charge in [-0.1, -0.05) is 19.3 Å². The van der Waals surface area contributed by atoms with Gasteiger partial charge in [-0.3, -0.25) is 9.59 Å². The molecule has 116 valence electrons. The zero-order valence-electron chi connectivity index (χ0n) is 12.0. The molecule has 2 saturated carbocycles. The molecule has 0 spiro atoms. The van der Waals surface area contributed by atoms with Crippen LogP contribution in [0.25, 0.3) is 0 Å². The van der Waals surface area contributed by atoms with Gasteiger partial charge >= 0.3 is 0 Å². The van der Waals surface area contributed by atoms with Crippen molar-refractivity contribution >= 4 is 24.2 Å². The van der Waals surface area contributed by atoms with Gasteiger partial charge in [0.05, 0.1) is 5.54 Å². The minimum Gasteiger partial charge on any atom is -0.354 e. The summed E-state index contributed by atoms with van der Waals surface area (Å²) in [6, 6.07) is 0.414. The molecule has 0 aliphatic heterocycles. The maximum absolute atomic E-state index is 12.0. The van der Waals surface area contributed by atoms with Crippen LogP contribution in [0.3, 0.4) is 0 Å². The Morgan fingerprint density at radius 3 is 2.40 bits per heavy atom. The molecule has 0 heterocycles. The molecule has 2 aliphatic carbocycles. The number of amides is 2. The molecule has 0 saturated heterocycles. The zero-order chi connectivity index (χ0) is 13.7. The van der Waals surface area contributed by atoms with Gasteiger partial charge in [-0.15, -0.1) is 12.4 Å². The zero-order valence-corrected chi connectivity index (χ0v) is 12.8. The molecule has 2 fully saturated rings. The highest BCUT2D eigenvalue weighted by atomic mass is 35.5. The van der Waals surface area contributed by atoms with E-state index in [0.29, 0.717) is 25.4 Å². The van der Waals surface area contributed by atoms with Gasteiger partial charge in [-0.25, -0.2) is 0 Å². The highest BCUT2D eigenvalue weighted by Gasteiger charge is 2.34. The summed E-state index contributed by atoms with van der Waals surface area (Å²) in [5.41, 5.74) is 5.46. The minimum absolute atomic E-state index is 0. The average Bonchev–Trinajstić information content (AvgIpc) is 3.19. The Hall–Kier alpha value is -0.810. The second-order valence-corrected chi connectivity index (χ2v) is 5.92. The monoisotopic (exact) mass is 303 g/mol. The maximum Gasteiger partial charge on any atom is 0.240 e. The fraction of sp³-hybridized carbons (Fsp3) is 0.857. The number of halogens is 1. The fourth-order valence-corrected chi connectivity index (χ4v) is 2.56. The third-order valence-corrected chi connectivity index (χ3v) is 4.01. The molecule has 0 aromatic rings. The Bertz CT molecular complexity index is 339. The van der Waals surface area contributed by atoms with Crippen LogP contribution >= 0.6 is 12.4 Å². The van der Waals surface area contributed by atoms with Crippen molar-refractivity contribution in [3.8, 4) is 0 Å². The van der Waals surface area contributed by atoms with Gasteiger partial charge in [0.25, 0.3) is 0 Å². The molecular formula is C14H26ClN3O2. The van der Waals surface area contributed by atoms with Crippen molar-refractivity contribution in [1.29, 1.82) is 0 Å². The lowest BCUT2D eigenvalue weighted by molar-refractivity contribution is -0.128. The van der Waals surface area contributed by atoms with E-state index < -0.39 is 5.54 Å². The lowest BCUT2D eigenvalue weighted by Crippen LogP contribution is -2.55. The number of hydrogen-bond donors (Lipinski definition) is 3. The molecule has 2 rings (SSSR count). The highest BCUT2D eigenvalue weighted by Crippen LogP contribution is 2.25. The molecule has 2 aliphatic rings. The topological polar surface area (TPSA) is 84.2 Å². The Morgan fingerprint density at radius 1 is 1.15 bits per heavy atom. The van der Waals surface area contributed by atoms with E-state index in [2.05, 4.69) is 10.6 Å². The van der Waals surface area contributed by atoms with Gasteiger partial charge in [0, 0.05) is 19.0 Å². The average molecular weight is 304 g/mol. The Kier molecular flexibility index (Phi) is 6.76. The summed E-state index contributed by atoms with van der Waals surface area (Å²) < 4.78 is 0. The van der Waals surface area contributed by atoms with Crippen molar-refractivity contribution in [2.24, 2.45) is 5.73 Å². The molecule has 0 aromatic carbocycles. The number of rotatable bonds is 6. The first kappa shape index (κ1) is 17.2. The van der Waals surface area contributed by atoms with Crippen molar-refractivity contribution in [2.75, 3.05) is 6.54 Å². The Labute approximate surface area is 126 Å². The van der Waals surface area contributed by atoms with Crippen LogP contribution in [0, 0.1) is 0 Å². The summed E-state index contributed by atoms with van der Waals surface area (Å²) in [5.74, 6) is 0.0479. The number of nitrogens with two attached hydrogens (primary N) is 1. The van der Waals surface area contributed by atoms with Crippen molar-refractivity contribution < 1.29 is 9.59 Å². The first-order chi connectivity index (χ1) is 9.10. The van der Waals surface area contributed by atoms with Crippen LogP contribution in [-0.4, -0.2) is 29.9 Å². The first-order valence-corrected chi connectivity index (χ1v) is 7.47. The normalized spacial score (nSPS) is 20.6. The lowest BCUT2D eigenvalue weighted by atomic mass is 9.82. The van der Waals surface area contributed by atoms with Gasteiger partial charge in [0.15, 0.2) is 0 Å². The number of nitrogens with one attached hydrogen (secondary N) is 2. The maximum atomic E-state index is 12.0. The third kappa shape index (κ3) is 5.29. The summed E-state index contributed by atoms with van der Waals surface area (Å²) in [5, 5.41) is 5.81. The first-order valence-electron chi connectivity index (χ1n) is 7.47. The van der Waals surface area contributed by atoms with Gasteiger partial charge in [0.1, 0.15) is 0 Å². The van der Waals surface area contributed by atoms with E-state index in [0.717, 1.165) is 38.5 Å². The Morgan fingerprint density at radius 2 is 1.80 bits per heavy atom. The van der Waals surface area contributed by atoms with E-state index in [1.165, 1.54) is 6.42 Å². The van der Waals surface area contributed by atoms with Crippen molar-refractivity contribution in [1.82, 2.24) is 10.6 Å². The van der Waals surface area contributed by atoms with Crippen molar-refractivity contribution in [3.63, 3.8) is 0 Å². The standard InChI is InChI=1S/C14H25N3O2.ClH/c15-14(8-2-1-3-9-14)13(19)16-10-4-5-12(18)17-11-6-7-11;/h11H,1-10,15H2,(H,16,19)(H,17,18);1H. The minimum atomic E-state index is -0.672. The molecule has 2 amide bonds. The van der Waals surface area contributed by atoms with E-state index >= 15 is 0 Å². The summed E-state index contributed by atoms with van der Waals surface area (Å²) in [6.07, 6.45) is 8.18. The molecule has 6 heteroatoms. The molecule has 0 bridgehead atoms. The van der Waals surface area contributed by atoms with Crippen LogP contribution in [0.2, 0.25) is 0 Å². The SMILES string of the molecule is Cl.NC1(C(=O)NCCCC(=O)NC2CC2)CCCCC1. The van der Waals surface area contributed by atoms with E-state index in [-0.39, 0.29) is 24.2 Å². The van der Waals surface area contributed by atoms with E-state index in [4.69, 9.17) is 5.73 Å². The van der Waals surface area contributed by atoms with Gasteiger partial charge in [-0.2, -0.15) is 0 Å². The molecule has 4 N–H and O–H groups in total. The third-order valence-electron chi connectivity index (χ3n) is 4.01. The summed E-state index contributed by atoms with van der Waals surface area (Å²) >= 11 is 0. The van der Waals surface area contributed by atoms with Crippen molar-refractivity contribution in [3.05, 3.63) is 0 Å². The summed E-state index contributed by atoms with van der Waals surface area (Å²) in [6.45, 7) is 0.538. The van der Waals surface area contributed by atoms with Gasteiger partial charge in [0.2, 0.25) is 11.8 Å². The number of hydrogen-bond acceptors (Lipinski definition) is 3. The smallest absolute Gasteiger partial charge is 0.240 e. The molecular weight excluding hydrogens is 278 g/mol. The van der Waals surface area contributed by atoms with E-state index in [1.54, 1.807) is 0 Å². The van der Waals surface area contributed by atoms with Gasteiger partial charge in [-0.05, 0) is 32.1 Å². The Balaban J connectivity index is 0.00000200. The van der Waals surface area contributed by atoms with Crippen molar-refractivity contribution in [2.45, 2.75) is 69.4 Å². The number of carbonyl (C=O) groups excluding carboxylic acids is 2. The molecule has 0 atom stereocenters. The predicted molar refractivity (Wildman–Crippen MR) is 80.7 cm³/mol. The second-order valence-electron chi connectivity index (χ2n) is 5.92. The van der Waals surface area contributed by atoms with Crippen LogP contribution in [-0.2, 0) is 9.59 Å².